The predicted molar refractivity (Wildman–Crippen MR) is 40.8 cm³/mol. The molecular weight excluding hydrogens is 180 g/mol. The van der Waals surface area contributed by atoms with Gasteiger partial charge in [-0.05, 0) is 0 Å². The summed E-state index contributed by atoms with van der Waals surface area (Å²) in [7, 11) is 1.32. The molecule has 1 aliphatic heterocycles. The van der Waals surface area contributed by atoms with Gasteiger partial charge in [0, 0.05) is 7.11 Å². The molecule has 0 radical (unpaired) electrons. The molecule has 0 spiro atoms. The maximum atomic E-state index is 9.38. The molecule has 4 N–H and O–H groups in total. The van der Waals surface area contributed by atoms with E-state index in [1.165, 1.54) is 7.11 Å². The Balaban J connectivity index is 2.69. The van der Waals surface area contributed by atoms with Crippen molar-refractivity contribution in [2.24, 2.45) is 0 Å². The Labute approximate surface area is 75.3 Å². The minimum atomic E-state index is -1.49. The average Bonchev–Trinajstić information content (AvgIpc) is 2.13. The van der Waals surface area contributed by atoms with E-state index in [2.05, 4.69) is 0 Å². The lowest BCUT2D eigenvalue weighted by atomic mass is 9.99. The largest absolute Gasteiger partial charge is 0.394 e. The fraction of sp³-hybridized carbons (Fsp3) is 1.00. The highest BCUT2D eigenvalue weighted by atomic mass is 16.6. The predicted octanol–water partition coefficient (Wildman–Crippen LogP) is -2.57. The van der Waals surface area contributed by atoms with E-state index in [4.69, 9.17) is 19.7 Å². The fourth-order valence-corrected chi connectivity index (χ4v) is 1.36. The minimum Gasteiger partial charge on any atom is -0.394 e. The fourth-order valence-electron chi connectivity index (χ4n) is 1.36. The van der Waals surface area contributed by atoms with Crippen molar-refractivity contribution in [3.63, 3.8) is 0 Å². The first-order chi connectivity index (χ1) is 6.11. The van der Waals surface area contributed by atoms with Gasteiger partial charge in [0.25, 0.3) is 0 Å². The van der Waals surface area contributed by atoms with E-state index >= 15 is 0 Å². The van der Waals surface area contributed by atoms with E-state index in [-0.39, 0.29) is 6.61 Å². The lowest BCUT2D eigenvalue weighted by Crippen LogP contribution is -2.59. The second-order valence-corrected chi connectivity index (χ2v) is 2.93. The van der Waals surface area contributed by atoms with Crippen LogP contribution in [0, 0.1) is 0 Å². The van der Waals surface area contributed by atoms with E-state index in [1.54, 1.807) is 0 Å². The van der Waals surface area contributed by atoms with E-state index in [1.807, 2.05) is 0 Å². The zero-order chi connectivity index (χ0) is 10.0. The third-order valence-electron chi connectivity index (χ3n) is 2.11. The van der Waals surface area contributed by atoms with Crippen molar-refractivity contribution in [1.29, 1.82) is 0 Å². The molecule has 1 rings (SSSR count). The van der Waals surface area contributed by atoms with Crippen molar-refractivity contribution in [3.05, 3.63) is 0 Å². The van der Waals surface area contributed by atoms with Crippen molar-refractivity contribution in [1.82, 2.24) is 0 Å². The standard InChI is InChI=1S/C7H14O6/c1-12-6-3(2-8)13-7(11)5(10)4(6)9/h3-11H,2H2,1H3/t3-,4-,5+,6-,7-/m0/s1. The Morgan fingerprint density at radius 3 is 2.31 bits per heavy atom. The first kappa shape index (κ1) is 10.8. The van der Waals surface area contributed by atoms with Crippen molar-refractivity contribution < 1.29 is 29.9 Å². The lowest BCUT2D eigenvalue weighted by molar-refractivity contribution is -0.290. The van der Waals surface area contributed by atoms with Crippen molar-refractivity contribution >= 4 is 0 Å². The van der Waals surface area contributed by atoms with E-state index in [0.29, 0.717) is 0 Å². The van der Waals surface area contributed by atoms with E-state index < -0.39 is 30.7 Å². The van der Waals surface area contributed by atoms with Crippen molar-refractivity contribution in [3.8, 4) is 0 Å². The van der Waals surface area contributed by atoms with Crippen LogP contribution < -0.4 is 0 Å². The molecule has 6 nitrogen and oxygen atoms in total. The molecular formula is C7H14O6. The van der Waals surface area contributed by atoms with Gasteiger partial charge in [0.2, 0.25) is 0 Å². The van der Waals surface area contributed by atoms with Crippen LogP contribution in [0.5, 0.6) is 0 Å². The molecule has 13 heavy (non-hydrogen) atoms. The van der Waals surface area contributed by atoms with Gasteiger partial charge in [-0.25, -0.2) is 0 Å². The molecule has 5 atom stereocenters. The van der Waals surface area contributed by atoms with Gasteiger partial charge < -0.3 is 29.9 Å². The molecule has 0 bridgehead atoms. The Hall–Kier alpha value is -0.240. The summed E-state index contributed by atoms with van der Waals surface area (Å²) in [5, 5.41) is 36.4. The second kappa shape index (κ2) is 4.32. The molecule has 0 aromatic rings. The quantitative estimate of drug-likeness (QED) is 0.386. The summed E-state index contributed by atoms with van der Waals surface area (Å²) in [5.74, 6) is 0. The monoisotopic (exact) mass is 194 g/mol. The number of hydrogen-bond acceptors (Lipinski definition) is 6. The summed E-state index contributed by atoms with van der Waals surface area (Å²) < 4.78 is 9.61. The van der Waals surface area contributed by atoms with Crippen LogP contribution in [0.15, 0.2) is 0 Å². The number of rotatable bonds is 2. The molecule has 1 heterocycles. The molecule has 0 aliphatic carbocycles. The van der Waals surface area contributed by atoms with E-state index in [9.17, 15) is 10.2 Å². The number of hydrogen-bond donors (Lipinski definition) is 4. The second-order valence-electron chi connectivity index (χ2n) is 2.93. The first-order valence-corrected chi connectivity index (χ1v) is 3.95. The van der Waals surface area contributed by atoms with Gasteiger partial charge in [0.1, 0.15) is 24.4 Å². The third kappa shape index (κ3) is 1.98. The molecule has 1 fully saturated rings. The summed E-state index contributed by atoms with van der Waals surface area (Å²) >= 11 is 0. The number of aliphatic hydroxyl groups excluding tert-OH is 4. The average molecular weight is 194 g/mol. The highest BCUT2D eigenvalue weighted by Crippen LogP contribution is 2.21. The Morgan fingerprint density at radius 1 is 1.23 bits per heavy atom. The van der Waals surface area contributed by atoms with Gasteiger partial charge in [-0.2, -0.15) is 0 Å². The van der Waals surface area contributed by atoms with Crippen LogP contribution in [-0.4, -0.2) is 64.8 Å². The Kier molecular flexibility index (Phi) is 3.60. The molecule has 0 aromatic heterocycles. The van der Waals surface area contributed by atoms with E-state index in [0.717, 1.165) is 0 Å². The van der Waals surface area contributed by atoms with Gasteiger partial charge in [-0.1, -0.05) is 0 Å². The number of methoxy groups -OCH3 is 1. The SMILES string of the molecule is CO[C@@H]1[C@@H](O)[C@@H](O)[C@@H](O)O[C@H]1CO. The number of ether oxygens (including phenoxy) is 2. The lowest BCUT2D eigenvalue weighted by Gasteiger charge is -2.39. The zero-order valence-electron chi connectivity index (χ0n) is 7.20. The van der Waals surface area contributed by atoms with Gasteiger partial charge in [-0.3, -0.25) is 0 Å². The highest BCUT2D eigenvalue weighted by Gasteiger charge is 2.43. The highest BCUT2D eigenvalue weighted by molar-refractivity contribution is 4.89. The summed E-state index contributed by atoms with van der Waals surface area (Å²) in [5.41, 5.74) is 0. The van der Waals surface area contributed by atoms with Crippen LogP contribution in [0.4, 0.5) is 0 Å². The Morgan fingerprint density at radius 2 is 1.85 bits per heavy atom. The van der Waals surface area contributed by atoms with Crippen molar-refractivity contribution in [2.75, 3.05) is 13.7 Å². The Bertz CT molecular complexity index is 161. The molecule has 0 amide bonds. The van der Waals surface area contributed by atoms with Gasteiger partial charge >= 0.3 is 0 Å². The molecule has 0 aromatic carbocycles. The molecule has 1 saturated heterocycles. The normalized spacial score (nSPS) is 46.4. The topological polar surface area (TPSA) is 99.4 Å². The number of aliphatic hydroxyl groups is 4. The molecule has 0 saturated carbocycles. The van der Waals surface area contributed by atoms with Gasteiger partial charge in [0.15, 0.2) is 6.29 Å². The minimum absolute atomic E-state index is 0.390. The summed E-state index contributed by atoms with van der Waals surface area (Å²) in [6, 6.07) is 0. The first-order valence-electron chi connectivity index (χ1n) is 3.95. The molecule has 0 unspecified atom stereocenters. The van der Waals surface area contributed by atoms with Crippen LogP contribution >= 0.6 is 0 Å². The smallest absolute Gasteiger partial charge is 0.184 e. The van der Waals surface area contributed by atoms with Crippen LogP contribution in [0.1, 0.15) is 0 Å². The summed E-state index contributed by atoms with van der Waals surface area (Å²) in [6.07, 6.45) is -5.81. The van der Waals surface area contributed by atoms with Crippen molar-refractivity contribution in [2.45, 2.75) is 30.7 Å². The zero-order valence-corrected chi connectivity index (χ0v) is 7.20. The maximum absolute atomic E-state index is 9.38. The third-order valence-corrected chi connectivity index (χ3v) is 2.11. The summed E-state index contributed by atoms with van der Waals surface area (Å²) in [4.78, 5) is 0. The van der Waals surface area contributed by atoms with Gasteiger partial charge in [-0.15, -0.1) is 0 Å². The maximum Gasteiger partial charge on any atom is 0.184 e. The molecule has 78 valence electrons. The van der Waals surface area contributed by atoms with Crippen LogP contribution in [0.2, 0.25) is 0 Å². The van der Waals surface area contributed by atoms with Crippen LogP contribution in [-0.2, 0) is 9.47 Å². The molecule has 6 heteroatoms. The summed E-state index contributed by atoms with van der Waals surface area (Å²) in [6.45, 7) is -0.390. The van der Waals surface area contributed by atoms with Crippen LogP contribution in [0.3, 0.4) is 0 Å². The molecule has 1 aliphatic rings. The van der Waals surface area contributed by atoms with Crippen LogP contribution in [0.25, 0.3) is 0 Å². The van der Waals surface area contributed by atoms with Gasteiger partial charge in [0.05, 0.1) is 6.61 Å².